The first-order valence-corrected chi connectivity index (χ1v) is 10.2. The van der Waals surface area contributed by atoms with Gasteiger partial charge < -0.3 is 19.9 Å². The summed E-state index contributed by atoms with van der Waals surface area (Å²) in [5.41, 5.74) is 0.989. The molecule has 0 atom stereocenters. The largest absolute Gasteiger partial charge is 0.465 e. The van der Waals surface area contributed by atoms with E-state index in [1.165, 1.54) is 23.3 Å². The molecule has 1 aliphatic rings. The Morgan fingerprint density at radius 3 is 2.41 bits per heavy atom. The van der Waals surface area contributed by atoms with Crippen LogP contribution in [0.25, 0.3) is 0 Å². The molecule has 1 N–H and O–H groups in total. The molecule has 1 aromatic rings. The minimum Gasteiger partial charge on any atom is -0.465 e. The quantitative estimate of drug-likeness (QED) is 0.588. The summed E-state index contributed by atoms with van der Waals surface area (Å²) >= 11 is 6.81. The number of carbonyl (C=O) groups excluding carboxylic acids is 2. The number of ether oxygens (including phenoxy) is 1. The molecule has 0 saturated carbocycles. The Kier molecular flexibility index (Phi) is 7.58. The maximum Gasteiger partial charge on any atom is 0.341 e. The van der Waals surface area contributed by atoms with Gasteiger partial charge in [-0.2, -0.15) is 0 Å². The number of rotatable bonds is 5. The maximum absolute atomic E-state index is 12.4. The van der Waals surface area contributed by atoms with Crippen LogP contribution in [0.4, 0.5) is 5.00 Å². The average Bonchev–Trinajstić information content (AvgIpc) is 2.97. The van der Waals surface area contributed by atoms with Gasteiger partial charge in [-0.05, 0) is 37.7 Å². The van der Waals surface area contributed by atoms with Crippen LogP contribution in [0.2, 0.25) is 0 Å². The lowest BCUT2D eigenvalue weighted by molar-refractivity contribution is 0.0601. The number of anilines is 1. The third kappa shape index (κ3) is 4.97. The molecule has 1 aliphatic heterocycles. The molecule has 1 aromatic heterocycles. The van der Waals surface area contributed by atoms with Crippen molar-refractivity contribution in [2.24, 2.45) is 0 Å². The Hall–Kier alpha value is -1.71. The summed E-state index contributed by atoms with van der Waals surface area (Å²) in [5.74, 6) is -0.616. The van der Waals surface area contributed by atoms with Crippen molar-refractivity contribution in [3.63, 3.8) is 0 Å². The molecule has 1 fully saturated rings. The number of thiocarbonyl (C=S) groups is 1. The van der Waals surface area contributed by atoms with Crippen molar-refractivity contribution in [3.8, 4) is 0 Å². The van der Waals surface area contributed by atoms with E-state index >= 15 is 0 Å². The molecule has 27 heavy (non-hydrogen) atoms. The van der Waals surface area contributed by atoms with Crippen molar-refractivity contribution in [1.82, 2.24) is 14.7 Å². The number of carbonyl (C=O) groups is 2. The van der Waals surface area contributed by atoms with Gasteiger partial charge in [0.2, 0.25) is 0 Å². The van der Waals surface area contributed by atoms with Crippen molar-refractivity contribution < 1.29 is 14.3 Å². The predicted octanol–water partition coefficient (Wildman–Crippen LogP) is 2.27. The van der Waals surface area contributed by atoms with Gasteiger partial charge in [0.05, 0.1) is 17.6 Å². The minimum atomic E-state index is -0.473. The molecule has 0 spiro atoms. The van der Waals surface area contributed by atoms with E-state index in [1.807, 2.05) is 0 Å². The highest BCUT2D eigenvalue weighted by Gasteiger charge is 2.27. The van der Waals surface area contributed by atoms with Crippen LogP contribution in [0.5, 0.6) is 0 Å². The fourth-order valence-electron chi connectivity index (χ4n) is 3.02. The third-order valence-electron chi connectivity index (χ3n) is 4.56. The van der Waals surface area contributed by atoms with E-state index in [1.54, 1.807) is 21.0 Å². The molecule has 0 aliphatic carbocycles. The summed E-state index contributed by atoms with van der Waals surface area (Å²) in [6, 6.07) is 0. The van der Waals surface area contributed by atoms with Gasteiger partial charge in [0.1, 0.15) is 5.00 Å². The Morgan fingerprint density at radius 2 is 1.89 bits per heavy atom. The third-order valence-corrected chi connectivity index (χ3v) is 6.11. The normalized spacial score (nSPS) is 14.8. The van der Waals surface area contributed by atoms with Gasteiger partial charge in [-0.3, -0.25) is 9.69 Å². The van der Waals surface area contributed by atoms with E-state index in [2.05, 4.69) is 22.0 Å². The summed E-state index contributed by atoms with van der Waals surface area (Å²) in [6.45, 7) is 8.65. The first-order valence-electron chi connectivity index (χ1n) is 9.01. The van der Waals surface area contributed by atoms with Crippen molar-refractivity contribution in [1.29, 1.82) is 0 Å². The Balaban J connectivity index is 2.19. The predicted molar refractivity (Wildman–Crippen MR) is 113 cm³/mol. The second-order valence-corrected chi connectivity index (χ2v) is 8.12. The molecule has 150 valence electrons. The molecule has 0 radical (unpaired) electrons. The lowest BCUT2D eigenvalue weighted by atomic mass is 10.1. The SMILES string of the molecule is CCCN1CCN(C(=S)Nc2sc(C(=O)N(C)C)c(C)c2C(=O)OC)CC1. The molecule has 0 unspecified atom stereocenters. The van der Waals surface area contributed by atoms with Gasteiger partial charge in [-0.25, -0.2) is 4.79 Å². The Labute approximate surface area is 170 Å². The Bertz CT molecular complexity index is 710. The highest BCUT2D eigenvalue weighted by atomic mass is 32.1. The summed E-state index contributed by atoms with van der Waals surface area (Å²) in [7, 11) is 4.71. The van der Waals surface area contributed by atoms with Crippen LogP contribution in [0.15, 0.2) is 0 Å². The molecule has 0 aromatic carbocycles. The Morgan fingerprint density at radius 1 is 1.26 bits per heavy atom. The smallest absolute Gasteiger partial charge is 0.341 e. The van der Waals surface area contributed by atoms with Crippen molar-refractivity contribution in [3.05, 3.63) is 16.0 Å². The molecular formula is C18H28N4O3S2. The van der Waals surface area contributed by atoms with Gasteiger partial charge >= 0.3 is 5.97 Å². The second-order valence-electron chi connectivity index (χ2n) is 6.71. The number of hydrogen-bond acceptors (Lipinski definition) is 6. The molecule has 9 heteroatoms. The summed E-state index contributed by atoms with van der Waals surface area (Å²) in [6.07, 6.45) is 1.14. The summed E-state index contributed by atoms with van der Waals surface area (Å²) in [5, 5.41) is 4.31. The number of amides is 1. The molecule has 2 rings (SSSR count). The number of thiophene rings is 1. The fraction of sp³-hybridized carbons (Fsp3) is 0.611. The average molecular weight is 413 g/mol. The topological polar surface area (TPSA) is 65.1 Å². The van der Waals surface area contributed by atoms with Crippen molar-refractivity contribution in [2.75, 3.05) is 59.2 Å². The molecule has 1 saturated heterocycles. The van der Waals surface area contributed by atoms with E-state index in [9.17, 15) is 9.59 Å². The lowest BCUT2D eigenvalue weighted by Crippen LogP contribution is -2.50. The number of methoxy groups -OCH3 is 1. The first kappa shape index (κ1) is 21.6. The highest BCUT2D eigenvalue weighted by Crippen LogP contribution is 2.34. The zero-order valence-electron chi connectivity index (χ0n) is 16.6. The van der Waals surface area contributed by atoms with Crippen LogP contribution in [-0.2, 0) is 4.74 Å². The molecule has 1 amide bonds. The van der Waals surface area contributed by atoms with Crippen molar-refractivity contribution >= 4 is 45.5 Å². The zero-order chi connectivity index (χ0) is 20.1. The van der Waals surface area contributed by atoms with E-state index in [-0.39, 0.29) is 5.91 Å². The molecule has 0 bridgehead atoms. The lowest BCUT2D eigenvalue weighted by Gasteiger charge is -2.36. The molecular weight excluding hydrogens is 384 g/mol. The van der Waals surface area contributed by atoms with Crippen LogP contribution in [0.3, 0.4) is 0 Å². The van der Waals surface area contributed by atoms with Gasteiger partial charge in [0.15, 0.2) is 5.11 Å². The van der Waals surface area contributed by atoms with E-state index < -0.39 is 5.97 Å². The number of piperazine rings is 1. The van der Waals surface area contributed by atoms with Gasteiger partial charge in [-0.1, -0.05) is 6.92 Å². The number of nitrogens with zero attached hydrogens (tertiary/aromatic N) is 3. The van der Waals surface area contributed by atoms with Gasteiger partial charge in [0, 0.05) is 40.3 Å². The number of nitrogens with one attached hydrogen (secondary N) is 1. The highest BCUT2D eigenvalue weighted by molar-refractivity contribution is 7.80. The van der Waals surface area contributed by atoms with Crippen LogP contribution >= 0.6 is 23.6 Å². The van der Waals surface area contributed by atoms with Crippen LogP contribution in [-0.4, -0.2) is 85.6 Å². The van der Waals surface area contributed by atoms with Crippen LogP contribution in [0, 0.1) is 6.92 Å². The molecule has 2 heterocycles. The van der Waals surface area contributed by atoms with Crippen LogP contribution < -0.4 is 5.32 Å². The van der Waals surface area contributed by atoms with E-state index in [0.29, 0.717) is 26.1 Å². The standard InChI is InChI=1S/C18H28N4O3S2/c1-6-7-21-8-10-22(11-9-21)18(26)19-15-13(17(24)25-5)12(2)14(27-15)16(23)20(3)4/h6-11H2,1-5H3,(H,19,26). The second kappa shape index (κ2) is 9.48. The maximum atomic E-state index is 12.4. The zero-order valence-corrected chi connectivity index (χ0v) is 18.3. The number of esters is 1. The van der Waals surface area contributed by atoms with Crippen molar-refractivity contribution in [2.45, 2.75) is 20.3 Å². The summed E-state index contributed by atoms with van der Waals surface area (Å²) < 4.78 is 4.92. The fourth-order valence-corrected chi connectivity index (χ4v) is 4.59. The van der Waals surface area contributed by atoms with E-state index in [4.69, 9.17) is 17.0 Å². The van der Waals surface area contributed by atoms with E-state index in [0.717, 1.165) is 39.1 Å². The molecule has 7 nitrogen and oxygen atoms in total. The van der Waals surface area contributed by atoms with Gasteiger partial charge in [-0.15, -0.1) is 11.3 Å². The minimum absolute atomic E-state index is 0.144. The summed E-state index contributed by atoms with van der Waals surface area (Å²) in [4.78, 5) is 31.3. The van der Waals surface area contributed by atoms with Gasteiger partial charge in [0.25, 0.3) is 5.91 Å². The number of hydrogen-bond donors (Lipinski definition) is 1. The van der Waals surface area contributed by atoms with Crippen LogP contribution in [0.1, 0.15) is 38.9 Å². The monoisotopic (exact) mass is 412 g/mol. The first-order chi connectivity index (χ1) is 12.8.